The maximum absolute atomic E-state index is 14.6. The highest BCUT2D eigenvalue weighted by Gasteiger charge is 2.31. The first kappa shape index (κ1) is 21.6. The molecule has 2 N–H and O–H groups in total. The van der Waals surface area contributed by atoms with Crippen molar-refractivity contribution in [2.75, 3.05) is 5.32 Å². The maximum Gasteiger partial charge on any atom is 0.408 e. The molecule has 1 heterocycles. The molecule has 4 rings (SSSR count). The van der Waals surface area contributed by atoms with Gasteiger partial charge in [0, 0.05) is 23.0 Å². The Morgan fingerprint density at radius 2 is 1.97 bits per heavy atom. The minimum absolute atomic E-state index is 0.0565. The molecule has 10 heteroatoms. The Hall–Kier alpha value is -3.59. The van der Waals surface area contributed by atoms with E-state index in [1.807, 2.05) is 0 Å². The van der Waals surface area contributed by atoms with Gasteiger partial charge in [0.2, 0.25) is 0 Å². The molecule has 1 aliphatic carbocycles. The van der Waals surface area contributed by atoms with Gasteiger partial charge >= 0.3 is 6.09 Å². The molecule has 7 nitrogen and oxygen atoms in total. The van der Waals surface area contributed by atoms with Gasteiger partial charge in [-0.25, -0.2) is 23.5 Å². The average Bonchev–Trinajstić information content (AvgIpc) is 3.20. The Bertz CT molecular complexity index is 1180. The molecule has 2 amide bonds. The van der Waals surface area contributed by atoms with Gasteiger partial charge in [-0.2, -0.15) is 0 Å². The third kappa shape index (κ3) is 4.67. The first-order valence-corrected chi connectivity index (χ1v) is 10.1. The lowest BCUT2D eigenvalue weighted by molar-refractivity contribution is 0.102. The van der Waals surface area contributed by atoms with E-state index in [1.165, 1.54) is 36.8 Å². The number of halogens is 3. The van der Waals surface area contributed by atoms with Crippen LogP contribution in [0, 0.1) is 11.6 Å². The molecule has 0 unspecified atom stereocenters. The fraction of sp³-hybridized carbons (Fsp3) is 0.182. The molecule has 0 spiro atoms. The highest BCUT2D eigenvalue weighted by atomic mass is 35.5. The van der Waals surface area contributed by atoms with Gasteiger partial charge in [-0.15, -0.1) is 0 Å². The number of fused-ring (bicyclic) bond motifs is 1. The molecule has 0 saturated heterocycles. The highest BCUT2D eigenvalue weighted by Crippen LogP contribution is 2.36. The van der Waals surface area contributed by atoms with E-state index >= 15 is 0 Å². The summed E-state index contributed by atoms with van der Waals surface area (Å²) >= 11 is 5.76. The topological polar surface area (TPSA) is 93.2 Å². The number of rotatable bonds is 5. The number of ether oxygens (including phenoxy) is 1. The van der Waals surface area contributed by atoms with Gasteiger partial charge in [-0.3, -0.25) is 4.79 Å². The van der Waals surface area contributed by atoms with Crippen LogP contribution in [0.4, 0.5) is 19.3 Å². The quantitative estimate of drug-likeness (QED) is 0.584. The van der Waals surface area contributed by atoms with Gasteiger partial charge in [0.05, 0.1) is 16.8 Å². The predicted molar refractivity (Wildman–Crippen MR) is 112 cm³/mol. The third-order valence-electron chi connectivity index (χ3n) is 5.04. The monoisotopic (exact) mass is 458 g/mol. The number of amides is 2. The smallest absolute Gasteiger partial charge is 0.408 e. The number of nitrogens with one attached hydrogen (secondary N) is 2. The Morgan fingerprint density at radius 1 is 1.16 bits per heavy atom. The van der Waals surface area contributed by atoms with Crippen LogP contribution < -0.4 is 10.6 Å². The minimum Gasteiger partial charge on any atom is -0.443 e. The molecule has 1 aromatic heterocycles. The second-order valence-corrected chi connectivity index (χ2v) is 7.49. The van der Waals surface area contributed by atoms with Crippen LogP contribution in [0.5, 0.6) is 0 Å². The molecular weight excluding hydrogens is 442 g/mol. The summed E-state index contributed by atoms with van der Waals surface area (Å²) in [5.74, 6) is -1.62. The number of anilines is 1. The second kappa shape index (κ2) is 9.27. The average molecular weight is 459 g/mol. The number of alkyl carbamates (subject to hydrolysis) is 1. The Kier molecular flexibility index (Phi) is 6.27. The van der Waals surface area contributed by atoms with Crippen LogP contribution in [-0.2, 0) is 17.8 Å². The number of benzene rings is 2. The van der Waals surface area contributed by atoms with Gasteiger partial charge in [0.1, 0.15) is 24.6 Å². The Morgan fingerprint density at radius 3 is 2.72 bits per heavy atom. The Labute approximate surface area is 186 Å². The number of carbonyl (C=O) groups is 2. The van der Waals surface area contributed by atoms with Crippen molar-refractivity contribution < 1.29 is 23.1 Å². The van der Waals surface area contributed by atoms with Gasteiger partial charge in [0.15, 0.2) is 0 Å². The molecule has 0 fully saturated rings. The summed E-state index contributed by atoms with van der Waals surface area (Å²) in [6, 6.07) is 7.33. The lowest BCUT2D eigenvalue weighted by Crippen LogP contribution is -2.28. The van der Waals surface area contributed by atoms with Gasteiger partial charge < -0.3 is 15.4 Å². The maximum atomic E-state index is 14.6. The van der Waals surface area contributed by atoms with Gasteiger partial charge in [-0.1, -0.05) is 11.6 Å². The van der Waals surface area contributed by atoms with E-state index in [9.17, 15) is 18.4 Å². The van der Waals surface area contributed by atoms with E-state index in [-0.39, 0.29) is 22.8 Å². The second-order valence-electron chi connectivity index (χ2n) is 7.08. The summed E-state index contributed by atoms with van der Waals surface area (Å²) in [5.41, 5.74) is 1.83. The zero-order valence-electron chi connectivity index (χ0n) is 16.6. The van der Waals surface area contributed by atoms with Crippen LogP contribution in [0.15, 0.2) is 48.9 Å². The lowest BCUT2D eigenvalue weighted by atomic mass is 10.0. The van der Waals surface area contributed by atoms with Crippen molar-refractivity contribution in [1.82, 2.24) is 15.3 Å². The van der Waals surface area contributed by atoms with Crippen molar-refractivity contribution in [2.45, 2.75) is 25.5 Å². The van der Waals surface area contributed by atoms with Crippen molar-refractivity contribution >= 4 is 29.3 Å². The van der Waals surface area contributed by atoms with Crippen molar-refractivity contribution in [2.24, 2.45) is 0 Å². The molecule has 1 atom stereocenters. The van der Waals surface area contributed by atoms with Crippen molar-refractivity contribution in [1.29, 1.82) is 0 Å². The molecular formula is C22H17ClF2N4O3. The van der Waals surface area contributed by atoms with Crippen LogP contribution in [0.3, 0.4) is 0 Å². The van der Waals surface area contributed by atoms with E-state index in [4.69, 9.17) is 16.3 Å². The van der Waals surface area contributed by atoms with E-state index in [1.54, 1.807) is 6.07 Å². The van der Waals surface area contributed by atoms with Crippen LogP contribution >= 0.6 is 11.6 Å². The van der Waals surface area contributed by atoms with Crippen LogP contribution in [0.1, 0.15) is 39.6 Å². The van der Waals surface area contributed by atoms with Crippen LogP contribution in [-0.4, -0.2) is 22.0 Å². The standard InChI is InChI=1S/C22H17ClF2N4O3/c23-16-9-12(1-4-17(16)24)28-21(30)15-2-5-18(25)20-14(15)3-6-19(20)29-22(31)32-10-13-7-8-26-11-27-13/h1-2,4-5,7-9,11,19H,3,6,10H2,(H,28,30)(H,29,31)/t19-/m0/s1. The fourth-order valence-corrected chi connectivity index (χ4v) is 3.75. The van der Waals surface area contributed by atoms with Crippen LogP contribution in [0.25, 0.3) is 0 Å². The molecule has 0 radical (unpaired) electrons. The van der Waals surface area contributed by atoms with E-state index < -0.39 is 29.7 Å². The molecule has 164 valence electrons. The fourth-order valence-electron chi connectivity index (χ4n) is 3.57. The minimum atomic E-state index is -0.725. The van der Waals surface area contributed by atoms with Crippen molar-refractivity contribution in [3.8, 4) is 0 Å². The molecule has 32 heavy (non-hydrogen) atoms. The molecule has 2 aromatic carbocycles. The summed E-state index contributed by atoms with van der Waals surface area (Å²) in [6.07, 6.45) is 2.93. The molecule has 0 bridgehead atoms. The number of hydrogen-bond donors (Lipinski definition) is 2. The number of carbonyl (C=O) groups excluding carboxylic acids is 2. The lowest BCUT2D eigenvalue weighted by Gasteiger charge is -2.16. The third-order valence-corrected chi connectivity index (χ3v) is 5.33. The van der Waals surface area contributed by atoms with Crippen molar-refractivity contribution in [3.63, 3.8) is 0 Å². The van der Waals surface area contributed by atoms with E-state index in [0.717, 1.165) is 6.07 Å². The predicted octanol–water partition coefficient (Wildman–Crippen LogP) is 4.57. The van der Waals surface area contributed by atoms with Crippen LogP contribution in [0.2, 0.25) is 5.02 Å². The van der Waals surface area contributed by atoms with E-state index in [2.05, 4.69) is 20.6 Å². The molecule has 3 aromatic rings. The van der Waals surface area contributed by atoms with E-state index in [0.29, 0.717) is 29.8 Å². The molecule has 0 aliphatic heterocycles. The highest BCUT2D eigenvalue weighted by molar-refractivity contribution is 6.31. The van der Waals surface area contributed by atoms with Gasteiger partial charge in [0.25, 0.3) is 5.91 Å². The zero-order valence-corrected chi connectivity index (χ0v) is 17.3. The summed E-state index contributed by atoms with van der Waals surface area (Å²) in [5, 5.41) is 5.15. The molecule has 1 aliphatic rings. The normalized spacial score (nSPS) is 14.5. The Balaban J connectivity index is 1.47. The van der Waals surface area contributed by atoms with Gasteiger partial charge in [-0.05, 0) is 54.8 Å². The first-order valence-electron chi connectivity index (χ1n) is 9.68. The summed E-state index contributed by atoms with van der Waals surface area (Å²) in [4.78, 5) is 32.7. The number of aromatic nitrogens is 2. The number of nitrogens with zero attached hydrogens (tertiary/aromatic N) is 2. The summed E-state index contributed by atoms with van der Waals surface area (Å²) in [7, 11) is 0. The summed E-state index contributed by atoms with van der Waals surface area (Å²) < 4.78 is 33.1. The number of hydrogen-bond acceptors (Lipinski definition) is 5. The van der Waals surface area contributed by atoms with Crippen molar-refractivity contribution in [3.05, 3.63) is 88.0 Å². The molecule has 0 saturated carbocycles. The first-order chi connectivity index (χ1) is 15.4. The largest absolute Gasteiger partial charge is 0.443 e. The summed E-state index contributed by atoms with van der Waals surface area (Å²) in [6.45, 7) is -0.0565. The SMILES string of the molecule is O=C(N[C@H]1CCc2c(C(=O)Nc3ccc(F)c(Cl)c3)ccc(F)c21)OCc1ccncn1. The zero-order chi connectivity index (χ0) is 22.7.